The lowest BCUT2D eigenvalue weighted by Gasteiger charge is -2.35. The number of ether oxygens (including phenoxy) is 1. The van der Waals surface area contributed by atoms with Crippen LogP contribution in [0.25, 0.3) is 0 Å². The van der Waals surface area contributed by atoms with Gasteiger partial charge >= 0.3 is 5.97 Å². The Kier molecular flexibility index (Phi) is 10.2. The number of carbonyl (C=O) groups excluding carboxylic acids is 1. The number of carboxylic acid groups (broad SMARTS) is 1. The molecule has 1 fully saturated rings. The summed E-state index contributed by atoms with van der Waals surface area (Å²) < 4.78 is 5.69. The third-order valence-corrected chi connectivity index (χ3v) is 8.12. The quantitative estimate of drug-likeness (QED) is 0.353. The summed E-state index contributed by atoms with van der Waals surface area (Å²) in [5.74, 6) is -0.365. The number of rotatable bonds is 14. The van der Waals surface area contributed by atoms with Gasteiger partial charge in [-0.15, -0.1) is 0 Å². The number of nitrogens with zero attached hydrogens (tertiary/aromatic N) is 2. The van der Waals surface area contributed by atoms with E-state index in [1.807, 2.05) is 17.0 Å². The lowest BCUT2D eigenvalue weighted by Crippen LogP contribution is -2.46. The second kappa shape index (κ2) is 12.9. The highest BCUT2D eigenvalue weighted by Crippen LogP contribution is 2.44. The molecule has 1 unspecified atom stereocenters. The van der Waals surface area contributed by atoms with E-state index in [4.69, 9.17) is 4.74 Å². The predicted octanol–water partition coefficient (Wildman–Crippen LogP) is 5.74. The van der Waals surface area contributed by atoms with E-state index in [-0.39, 0.29) is 23.3 Å². The van der Waals surface area contributed by atoms with Gasteiger partial charge in [-0.1, -0.05) is 66.0 Å². The molecule has 1 amide bonds. The minimum atomic E-state index is -0.752. The molecule has 2 aliphatic rings. The van der Waals surface area contributed by atoms with Crippen LogP contribution in [0.1, 0.15) is 96.6 Å². The van der Waals surface area contributed by atoms with Crippen molar-refractivity contribution in [3.63, 3.8) is 0 Å². The number of likely N-dealkylation sites (tertiary alicyclic amines) is 1. The first-order valence-corrected chi connectivity index (χ1v) is 14.2. The number of amides is 1. The van der Waals surface area contributed by atoms with Gasteiger partial charge in [-0.05, 0) is 48.3 Å². The molecule has 1 aromatic carbocycles. The standard InChI is InChI=1S/C30H48N2O4/c1-6-9-15-31(16-10-7-2)27(33)21-32-20-24(22-11-12-26-23(18-22)13-17-36-26)28(29(34)35)25(32)19-30(4,5)14-8-3/h11-12,18,24-25,28H,6-10,13-17,19-21H2,1-5H3,(H,34,35)/t24-,25+,28?/m1/s1. The lowest BCUT2D eigenvalue weighted by molar-refractivity contribution is -0.144. The van der Waals surface area contributed by atoms with E-state index in [1.165, 1.54) is 5.56 Å². The maximum absolute atomic E-state index is 13.5. The van der Waals surface area contributed by atoms with E-state index in [9.17, 15) is 14.7 Å². The molecule has 0 radical (unpaired) electrons. The van der Waals surface area contributed by atoms with Crippen LogP contribution in [0, 0.1) is 11.3 Å². The normalized spacial score (nSPS) is 21.9. The van der Waals surface area contributed by atoms with Gasteiger partial charge in [0, 0.05) is 38.0 Å². The van der Waals surface area contributed by atoms with Crippen molar-refractivity contribution < 1.29 is 19.4 Å². The Balaban J connectivity index is 1.90. The molecular formula is C30H48N2O4. The van der Waals surface area contributed by atoms with Crippen LogP contribution in [0.15, 0.2) is 18.2 Å². The highest BCUT2D eigenvalue weighted by atomic mass is 16.5. The summed E-state index contributed by atoms with van der Waals surface area (Å²) in [6.07, 6.45) is 7.85. The predicted molar refractivity (Wildman–Crippen MR) is 145 cm³/mol. The number of benzene rings is 1. The van der Waals surface area contributed by atoms with Gasteiger partial charge in [-0.3, -0.25) is 14.5 Å². The fraction of sp³-hybridized carbons (Fsp3) is 0.733. The Morgan fingerprint density at radius 1 is 1.11 bits per heavy atom. The summed E-state index contributed by atoms with van der Waals surface area (Å²) in [6.45, 7) is 14.1. The molecule has 0 spiro atoms. The molecule has 0 aromatic heterocycles. The van der Waals surface area contributed by atoms with Crippen molar-refractivity contribution in [2.24, 2.45) is 11.3 Å². The van der Waals surface area contributed by atoms with Crippen LogP contribution < -0.4 is 4.74 Å². The van der Waals surface area contributed by atoms with Crippen molar-refractivity contribution in [2.45, 2.75) is 97.9 Å². The zero-order chi connectivity index (χ0) is 26.3. The minimum Gasteiger partial charge on any atom is -0.493 e. The summed E-state index contributed by atoms with van der Waals surface area (Å²) >= 11 is 0. The summed E-state index contributed by atoms with van der Waals surface area (Å²) in [5.41, 5.74) is 2.24. The van der Waals surface area contributed by atoms with Gasteiger partial charge in [0.25, 0.3) is 0 Å². The third kappa shape index (κ3) is 7.02. The smallest absolute Gasteiger partial charge is 0.308 e. The average Bonchev–Trinajstić information content (AvgIpc) is 3.43. The van der Waals surface area contributed by atoms with E-state index in [2.05, 4.69) is 45.6 Å². The molecule has 6 heteroatoms. The van der Waals surface area contributed by atoms with Crippen LogP contribution in [0.3, 0.4) is 0 Å². The second-order valence-corrected chi connectivity index (χ2v) is 11.6. The molecule has 3 rings (SSSR count). The summed E-state index contributed by atoms with van der Waals surface area (Å²) in [6, 6.07) is 6.02. The molecule has 1 aromatic rings. The zero-order valence-electron chi connectivity index (χ0n) is 23.2. The SMILES string of the molecule is CCCCN(CCCC)C(=O)CN1C[C@H](c2ccc3c(c2)CCO3)C(C(=O)O)[C@@H]1CC(C)(C)CCC. The Labute approximate surface area is 218 Å². The Bertz CT molecular complexity index is 876. The molecule has 2 heterocycles. The first-order chi connectivity index (χ1) is 17.2. The maximum Gasteiger partial charge on any atom is 0.308 e. The average molecular weight is 501 g/mol. The number of carboxylic acids is 1. The molecule has 0 saturated carbocycles. The summed E-state index contributed by atoms with van der Waals surface area (Å²) in [7, 11) is 0. The van der Waals surface area contributed by atoms with Gasteiger partial charge in [0.2, 0.25) is 5.91 Å². The lowest BCUT2D eigenvalue weighted by atomic mass is 9.76. The molecule has 202 valence electrons. The highest BCUT2D eigenvalue weighted by molar-refractivity contribution is 5.79. The zero-order valence-corrected chi connectivity index (χ0v) is 23.2. The molecule has 0 aliphatic carbocycles. The van der Waals surface area contributed by atoms with Crippen LogP contribution in [0.4, 0.5) is 0 Å². The van der Waals surface area contributed by atoms with Gasteiger partial charge in [0.1, 0.15) is 5.75 Å². The van der Waals surface area contributed by atoms with Crippen LogP contribution in [-0.4, -0.2) is 65.6 Å². The van der Waals surface area contributed by atoms with E-state index in [0.717, 1.165) is 75.8 Å². The van der Waals surface area contributed by atoms with E-state index in [0.29, 0.717) is 19.7 Å². The second-order valence-electron chi connectivity index (χ2n) is 11.6. The summed E-state index contributed by atoms with van der Waals surface area (Å²) in [4.78, 5) is 30.5. The Morgan fingerprint density at radius 2 is 1.81 bits per heavy atom. The number of hydrogen-bond donors (Lipinski definition) is 1. The van der Waals surface area contributed by atoms with E-state index >= 15 is 0 Å². The maximum atomic E-state index is 13.5. The molecule has 0 bridgehead atoms. The van der Waals surface area contributed by atoms with Crippen molar-refractivity contribution in [3.8, 4) is 5.75 Å². The van der Waals surface area contributed by atoms with E-state index in [1.54, 1.807) is 0 Å². The fourth-order valence-electron chi connectivity index (χ4n) is 6.20. The van der Waals surface area contributed by atoms with Gasteiger partial charge in [-0.25, -0.2) is 0 Å². The monoisotopic (exact) mass is 500 g/mol. The minimum absolute atomic E-state index is 0.0131. The molecule has 36 heavy (non-hydrogen) atoms. The first kappa shape index (κ1) is 28.5. The van der Waals surface area contributed by atoms with E-state index < -0.39 is 11.9 Å². The molecule has 1 N–H and O–H groups in total. The van der Waals surface area contributed by atoms with Crippen molar-refractivity contribution in [3.05, 3.63) is 29.3 Å². The summed E-state index contributed by atoms with van der Waals surface area (Å²) in [5, 5.41) is 10.5. The van der Waals surface area contributed by atoms with Gasteiger partial charge in [0.05, 0.1) is 19.1 Å². The number of hydrogen-bond acceptors (Lipinski definition) is 4. The van der Waals surface area contributed by atoms with Crippen LogP contribution in [0.2, 0.25) is 0 Å². The van der Waals surface area contributed by atoms with Gasteiger partial charge < -0.3 is 14.7 Å². The third-order valence-electron chi connectivity index (χ3n) is 8.12. The number of carbonyl (C=O) groups is 2. The molecule has 3 atom stereocenters. The van der Waals surface area contributed by atoms with Crippen molar-refractivity contribution in [1.82, 2.24) is 9.80 Å². The highest BCUT2D eigenvalue weighted by Gasteiger charge is 2.48. The molecule has 1 saturated heterocycles. The van der Waals surface area contributed by atoms with Crippen LogP contribution >= 0.6 is 0 Å². The molecular weight excluding hydrogens is 452 g/mol. The number of aliphatic carboxylic acids is 1. The van der Waals surface area contributed by atoms with Crippen LogP contribution in [0.5, 0.6) is 5.75 Å². The number of fused-ring (bicyclic) bond motifs is 1. The van der Waals surface area contributed by atoms with Crippen molar-refractivity contribution >= 4 is 11.9 Å². The molecule has 2 aliphatic heterocycles. The van der Waals surface area contributed by atoms with Gasteiger partial charge in [0.15, 0.2) is 0 Å². The number of unbranched alkanes of at least 4 members (excludes halogenated alkanes) is 2. The van der Waals surface area contributed by atoms with Crippen LogP contribution in [-0.2, 0) is 16.0 Å². The molecule has 6 nitrogen and oxygen atoms in total. The fourth-order valence-corrected chi connectivity index (χ4v) is 6.20. The Morgan fingerprint density at radius 3 is 2.42 bits per heavy atom. The van der Waals surface area contributed by atoms with Gasteiger partial charge in [-0.2, -0.15) is 0 Å². The Hall–Kier alpha value is -2.08. The first-order valence-electron chi connectivity index (χ1n) is 14.2. The topological polar surface area (TPSA) is 70.1 Å². The van der Waals surface area contributed by atoms with Crippen molar-refractivity contribution in [2.75, 3.05) is 32.8 Å². The van der Waals surface area contributed by atoms with Crippen molar-refractivity contribution in [1.29, 1.82) is 0 Å². The largest absolute Gasteiger partial charge is 0.493 e.